The van der Waals surface area contributed by atoms with Gasteiger partial charge in [0.2, 0.25) is 11.8 Å². The Bertz CT molecular complexity index is 989. The normalized spacial score (nSPS) is 21.8. The predicted molar refractivity (Wildman–Crippen MR) is 107 cm³/mol. The van der Waals surface area contributed by atoms with E-state index in [9.17, 15) is 9.59 Å². The van der Waals surface area contributed by atoms with Crippen LogP contribution in [0.1, 0.15) is 36.9 Å². The predicted octanol–water partition coefficient (Wildman–Crippen LogP) is 2.58. The molecule has 0 saturated carbocycles. The molecule has 2 aliphatic rings. The lowest BCUT2D eigenvalue weighted by Crippen LogP contribution is -2.51. The van der Waals surface area contributed by atoms with Gasteiger partial charge in [-0.1, -0.05) is 30.3 Å². The number of hydrogen-bond acceptors (Lipinski definition) is 4. The number of amides is 2. The maximum Gasteiger partial charge on any atom is 0.245 e. The number of imidazole rings is 1. The van der Waals surface area contributed by atoms with Crippen LogP contribution in [0.15, 0.2) is 48.1 Å². The van der Waals surface area contributed by atoms with Gasteiger partial charge in [-0.25, -0.2) is 4.98 Å². The van der Waals surface area contributed by atoms with Gasteiger partial charge in [0.1, 0.15) is 6.04 Å². The molecule has 2 aromatic heterocycles. The van der Waals surface area contributed by atoms with E-state index >= 15 is 0 Å². The maximum absolute atomic E-state index is 12.8. The maximum atomic E-state index is 12.8. The number of nitrogens with one attached hydrogen (secondary N) is 1. The Labute approximate surface area is 167 Å². The summed E-state index contributed by atoms with van der Waals surface area (Å²) in [5.41, 5.74) is 2.14. The van der Waals surface area contributed by atoms with Crippen molar-refractivity contribution in [3.63, 3.8) is 0 Å². The van der Waals surface area contributed by atoms with Crippen LogP contribution in [-0.4, -0.2) is 45.2 Å². The Morgan fingerprint density at radius 1 is 1.21 bits per heavy atom. The minimum absolute atomic E-state index is 0.0212. The molecule has 28 heavy (non-hydrogen) atoms. The van der Waals surface area contributed by atoms with Crippen LogP contribution in [0.4, 0.5) is 0 Å². The van der Waals surface area contributed by atoms with Gasteiger partial charge in [0, 0.05) is 42.7 Å². The number of aromatic nitrogens is 2. The first kappa shape index (κ1) is 17.4. The second-order valence-corrected chi connectivity index (χ2v) is 8.52. The third-order valence-corrected chi connectivity index (χ3v) is 6.90. The number of piperidine rings is 1. The third kappa shape index (κ3) is 2.81. The van der Waals surface area contributed by atoms with Gasteiger partial charge < -0.3 is 10.2 Å². The van der Waals surface area contributed by atoms with E-state index < -0.39 is 0 Å². The monoisotopic (exact) mass is 394 g/mol. The fourth-order valence-electron chi connectivity index (χ4n) is 4.54. The van der Waals surface area contributed by atoms with Crippen LogP contribution < -0.4 is 5.32 Å². The molecule has 0 unspecified atom stereocenters. The summed E-state index contributed by atoms with van der Waals surface area (Å²) in [6.07, 6.45) is 6.88. The molecule has 2 aliphatic heterocycles. The smallest absolute Gasteiger partial charge is 0.245 e. The van der Waals surface area contributed by atoms with Gasteiger partial charge in [0.05, 0.1) is 5.69 Å². The van der Waals surface area contributed by atoms with Gasteiger partial charge in [0.15, 0.2) is 4.96 Å². The minimum Gasteiger partial charge on any atom is -0.344 e. The average Bonchev–Trinajstić information content (AvgIpc) is 3.44. The van der Waals surface area contributed by atoms with E-state index in [1.54, 1.807) is 11.3 Å². The van der Waals surface area contributed by atoms with Gasteiger partial charge in [-0.05, 0) is 24.8 Å². The number of thiazole rings is 1. The molecule has 1 N–H and O–H groups in total. The molecule has 0 spiro atoms. The molecule has 7 heteroatoms. The third-order valence-electron chi connectivity index (χ3n) is 6.13. The number of hydrogen-bond donors (Lipinski definition) is 1. The number of fused-ring (bicyclic) bond motifs is 1. The van der Waals surface area contributed by atoms with Crippen molar-refractivity contribution in [2.75, 3.05) is 13.1 Å². The van der Waals surface area contributed by atoms with Crippen molar-refractivity contribution in [2.24, 2.45) is 0 Å². The van der Waals surface area contributed by atoms with Crippen molar-refractivity contribution in [3.8, 4) is 0 Å². The molecule has 1 aromatic carbocycles. The molecule has 5 rings (SSSR count). The van der Waals surface area contributed by atoms with E-state index in [1.807, 2.05) is 22.5 Å². The largest absolute Gasteiger partial charge is 0.344 e. The Balaban J connectivity index is 1.44. The SMILES string of the molecule is O=C1CC[C@@H](C(=O)N2CCC(c3ccccc3)(c3cn4ccsc4n3)CC2)N1. The molecule has 144 valence electrons. The van der Waals surface area contributed by atoms with Gasteiger partial charge >= 0.3 is 0 Å². The highest BCUT2D eigenvalue weighted by Gasteiger charge is 2.42. The number of likely N-dealkylation sites (tertiary alicyclic amines) is 1. The summed E-state index contributed by atoms with van der Waals surface area (Å²) in [7, 11) is 0. The van der Waals surface area contributed by atoms with Gasteiger partial charge in [-0.15, -0.1) is 11.3 Å². The summed E-state index contributed by atoms with van der Waals surface area (Å²) < 4.78 is 2.08. The lowest BCUT2D eigenvalue weighted by Gasteiger charge is -2.42. The second kappa shape index (κ2) is 6.74. The Kier molecular flexibility index (Phi) is 4.19. The van der Waals surface area contributed by atoms with Crippen molar-refractivity contribution >= 4 is 28.1 Å². The highest BCUT2D eigenvalue weighted by atomic mass is 32.1. The zero-order chi connectivity index (χ0) is 19.1. The quantitative estimate of drug-likeness (QED) is 0.743. The van der Waals surface area contributed by atoms with Crippen LogP contribution in [0, 0.1) is 0 Å². The number of carbonyl (C=O) groups excluding carboxylic acids is 2. The molecule has 4 heterocycles. The van der Waals surface area contributed by atoms with Gasteiger partial charge in [0.25, 0.3) is 0 Å². The van der Waals surface area contributed by atoms with E-state index in [2.05, 4.69) is 40.2 Å². The minimum atomic E-state index is -0.352. The molecular formula is C21H22N4O2S. The zero-order valence-electron chi connectivity index (χ0n) is 15.5. The summed E-state index contributed by atoms with van der Waals surface area (Å²) in [5, 5.41) is 4.84. The van der Waals surface area contributed by atoms with E-state index in [-0.39, 0.29) is 23.3 Å². The molecule has 0 aliphatic carbocycles. The number of rotatable bonds is 3. The average molecular weight is 395 g/mol. The summed E-state index contributed by atoms with van der Waals surface area (Å²) in [6, 6.07) is 10.2. The van der Waals surface area contributed by atoms with Crippen molar-refractivity contribution in [1.82, 2.24) is 19.6 Å². The highest BCUT2D eigenvalue weighted by Crippen LogP contribution is 2.41. The first-order valence-corrected chi connectivity index (χ1v) is 10.6. The summed E-state index contributed by atoms with van der Waals surface area (Å²) in [4.78, 5) is 32.1. The van der Waals surface area contributed by atoms with Gasteiger partial charge in [-0.3, -0.25) is 14.0 Å². The topological polar surface area (TPSA) is 66.7 Å². The summed E-state index contributed by atoms with van der Waals surface area (Å²) in [5.74, 6) is 0.0328. The molecule has 2 fully saturated rings. The van der Waals surface area contributed by atoms with Crippen molar-refractivity contribution in [3.05, 3.63) is 59.4 Å². The number of benzene rings is 1. The fourth-order valence-corrected chi connectivity index (χ4v) is 5.24. The van der Waals surface area contributed by atoms with E-state index in [4.69, 9.17) is 4.98 Å². The summed E-state index contributed by atoms with van der Waals surface area (Å²) in [6.45, 7) is 1.34. The van der Waals surface area contributed by atoms with Crippen LogP contribution in [-0.2, 0) is 15.0 Å². The standard InChI is InChI=1S/C21H22N4O2S/c26-18-7-6-16(22-18)19(27)24-10-8-21(9-11-24,15-4-2-1-3-5-15)17-14-25-12-13-28-20(25)23-17/h1-5,12-14,16H,6-11H2,(H,22,26)/t16-/m0/s1. The first-order valence-electron chi connectivity index (χ1n) is 9.72. The molecule has 3 aromatic rings. The number of nitrogens with zero attached hydrogens (tertiary/aromatic N) is 3. The van der Waals surface area contributed by atoms with Crippen LogP contribution in [0.3, 0.4) is 0 Å². The molecule has 2 saturated heterocycles. The molecule has 0 bridgehead atoms. The zero-order valence-corrected chi connectivity index (χ0v) is 16.3. The van der Waals surface area contributed by atoms with Crippen LogP contribution in [0.2, 0.25) is 0 Å². The van der Waals surface area contributed by atoms with Crippen LogP contribution >= 0.6 is 11.3 Å². The van der Waals surface area contributed by atoms with E-state index in [1.165, 1.54) is 5.56 Å². The second-order valence-electron chi connectivity index (χ2n) is 7.65. The van der Waals surface area contributed by atoms with Crippen LogP contribution in [0.25, 0.3) is 4.96 Å². The summed E-state index contributed by atoms with van der Waals surface area (Å²) >= 11 is 1.64. The van der Waals surface area contributed by atoms with Crippen LogP contribution in [0.5, 0.6) is 0 Å². The van der Waals surface area contributed by atoms with Gasteiger partial charge in [-0.2, -0.15) is 0 Å². The molecular weight excluding hydrogens is 372 g/mol. The Hall–Kier alpha value is -2.67. The first-order chi connectivity index (χ1) is 13.7. The lowest BCUT2D eigenvalue weighted by molar-refractivity contribution is -0.135. The van der Waals surface area contributed by atoms with Crippen molar-refractivity contribution < 1.29 is 9.59 Å². The molecule has 2 amide bonds. The molecule has 1 atom stereocenters. The molecule has 6 nitrogen and oxygen atoms in total. The van der Waals surface area contributed by atoms with Crippen molar-refractivity contribution in [1.29, 1.82) is 0 Å². The molecule has 0 radical (unpaired) electrons. The van der Waals surface area contributed by atoms with Crippen molar-refractivity contribution in [2.45, 2.75) is 37.1 Å². The lowest BCUT2D eigenvalue weighted by atomic mass is 9.70. The Morgan fingerprint density at radius 3 is 2.68 bits per heavy atom. The Morgan fingerprint density at radius 2 is 2.00 bits per heavy atom. The highest BCUT2D eigenvalue weighted by molar-refractivity contribution is 7.15. The van der Waals surface area contributed by atoms with E-state index in [0.717, 1.165) is 23.5 Å². The van der Waals surface area contributed by atoms with E-state index in [0.29, 0.717) is 25.9 Å². The number of carbonyl (C=O) groups is 2. The fraction of sp³-hybridized carbons (Fsp3) is 0.381.